The van der Waals surface area contributed by atoms with Crippen LogP contribution in [0, 0.1) is 0 Å². The van der Waals surface area contributed by atoms with Crippen LogP contribution in [0.4, 0.5) is 0 Å². The number of rotatable bonds is 9. The Hall–Kier alpha value is -1.39. The van der Waals surface area contributed by atoms with Crippen LogP contribution in [-0.4, -0.2) is 30.8 Å². The lowest BCUT2D eigenvalue weighted by atomic mass is 10.00. The van der Waals surface area contributed by atoms with Gasteiger partial charge >= 0.3 is 5.97 Å². The summed E-state index contributed by atoms with van der Waals surface area (Å²) in [6.45, 7) is 7.71. The Kier molecular flexibility index (Phi) is 8.01. The summed E-state index contributed by atoms with van der Waals surface area (Å²) >= 11 is 0. The number of carbonyl (C=O) groups excluding carboxylic acids is 1. The molecule has 1 unspecified atom stereocenters. The fraction of sp³-hybridized carbons (Fsp3) is 0.588. The van der Waals surface area contributed by atoms with Crippen molar-refractivity contribution in [3.63, 3.8) is 0 Å². The van der Waals surface area contributed by atoms with E-state index in [2.05, 4.69) is 31.3 Å². The molecule has 0 aliphatic heterocycles. The van der Waals surface area contributed by atoms with E-state index in [-0.39, 0.29) is 5.97 Å². The molecule has 118 valence electrons. The summed E-state index contributed by atoms with van der Waals surface area (Å²) in [4.78, 5) is 11.1. The molecule has 0 aliphatic rings. The average Bonchev–Trinajstić information content (AvgIpc) is 2.47. The van der Waals surface area contributed by atoms with Gasteiger partial charge in [0.1, 0.15) is 0 Å². The van der Waals surface area contributed by atoms with Gasteiger partial charge in [-0.15, -0.1) is 0 Å². The van der Waals surface area contributed by atoms with Gasteiger partial charge in [-0.25, -0.2) is 0 Å². The highest BCUT2D eigenvalue weighted by Crippen LogP contribution is 2.18. The first-order valence-corrected chi connectivity index (χ1v) is 7.68. The van der Waals surface area contributed by atoms with Crippen molar-refractivity contribution in [1.82, 2.24) is 5.32 Å². The standard InChI is InChI=1S/C17H27NO3/c1-4-21-17(20)6-5-11-18-12-16(19)15-9-7-14(8-10-15)13(2)3/h7-10,13,16,18-19H,4-6,11-12H2,1-3H3. The Morgan fingerprint density at radius 2 is 1.86 bits per heavy atom. The molecule has 0 spiro atoms. The number of hydrogen-bond donors (Lipinski definition) is 2. The lowest BCUT2D eigenvalue weighted by molar-refractivity contribution is -0.143. The summed E-state index contributed by atoms with van der Waals surface area (Å²) < 4.78 is 4.85. The Morgan fingerprint density at radius 3 is 2.43 bits per heavy atom. The second-order valence-electron chi connectivity index (χ2n) is 5.45. The second-order valence-corrected chi connectivity index (χ2v) is 5.45. The highest BCUT2D eigenvalue weighted by atomic mass is 16.5. The molecule has 1 atom stereocenters. The molecule has 0 radical (unpaired) electrons. The third-order valence-electron chi connectivity index (χ3n) is 3.37. The molecule has 0 bridgehead atoms. The van der Waals surface area contributed by atoms with E-state index in [0.717, 1.165) is 12.0 Å². The van der Waals surface area contributed by atoms with Crippen molar-refractivity contribution in [3.8, 4) is 0 Å². The molecule has 0 amide bonds. The molecule has 1 rings (SSSR count). The molecule has 1 aromatic rings. The predicted molar refractivity (Wildman–Crippen MR) is 84.2 cm³/mol. The minimum absolute atomic E-state index is 0.163. The molecule has 4 nitrogen and oxygen atoms in total. The van der Waals surface area contributed by atoms with Gasteiger partial charge in [0.15, 0.2) is 0 Å². The lowest BCUT2D eigenvalue weighted by Gasteiger charge is -2.13. The Bertz CT molecular complexity index is 415. The van der Waals surface area contributed by atoms with Crippen molar-refractivity contribution >= 4 is 5.97 Å². The Labute approximate surface area is 127 Å². The molecule has 1 aromatic carbocycles. The minimum atomic E-state index is -0.520. The van der Waals surface area contributed by atoms with Gasteiger partial charge in [-0.3, -0.25) is 4.79 Å². The lowest BCUT2D eigenvalue weighted by Crippen LogP contribution is -2.23. The first kappa shape index (κ1) is 17.7. The van der Waals surface area contributed by atoms with E-state index in [0.29, 0.717) is 32.0 Å². The number of nitrogens with one attached hydrogen (secondary N) is 1. The van der Waals surface area contributed by atoms with Crippen LogP contribution < -0.4 is 5.32 Å². The summed E-state index contributed by atoms with van der Waals surface area (Å²) in [5, 5.41) is 13.2. The zero-order valence-electron chi connectivity index (χ0n) is 13.3. The third kappa shape index (κ3) is 6.74. The van der Waals surface area contributed by atoms with E-state index in [1.54, 1.807) is 6.92 Å². The van der Waals surface area contributed by atoms with E-state index in [1.807, 2.05) is 12.1 Å². The summed E-state index contributed by atoms with van der Waals surface area (Å²) in [7, 11) is 0. The molecule has 0 fully saturated rings. The highest BCUT2D eigenvalue weighted by Gasteiger charge is 2.08. The van der Waals surface area contributed by atoms with E-state index in [9.17, 15) is 9.90 Å². The number of esters is 1. The van der Waals surface area contributed by atoms with Gasteiger partial charge in [0, 0.05) is 13.0 Å². The number of hydrogen-bond acceptors (Lipinski definition) is 4. The third-order valence-corrected chi connectivity index (χ3v) is 3.37. The molecule has 21 heavy (non-hydrogen) atoms. The van der Waals surface area contributed by atoms with Crippen molar-refractivity contribution in [2.45, 2.75) is 45.6 Å². The molecule has 0 heterocycles. The van der Waals surface area contributed by atoms with Gasteiger partial charge in [0.2, 0.25) is 0 Å². The molecule has 0 saturated carbocycles. The van der Waals surface area contributed by atoms with Crippen LogP contribution in [-0.2, 0) is 9.53 Å². The minimum Gasteiger partial charge on any atom is -0.466 e. The number of carbonyl (C=O) groups is 1. The zero-order chi connectivity index (χ0) is 15.7. The monoisotopic (exact) mass is 293 g/mol. The summed E-state index contributed by atoms with van der Waals surface area (Å²) in [6.07, 6.45) is 0.617. The summed E-state index contributed by atoms with van der Waals surface area (Å²) in [5.41, 5.74) is 2.19. The van der Waals surface area contributed by atoms with Crippen LogP contribution in [0.15, 0.2) is 24.3 Å². The molecule has 4 heteroatoms. The quantitative estimate of drug-likeness (QED) is 0.543. The maximum atomic E-state index is 11.1. The molecule has 0 aliphatic carbocycles. The maximum absolute atomic E-state index is 11.1. The van der Waals surface area contributed by atoms with Crippen LogP contribution in [0.5, 0.6) is 0 Å². The van der Waals surface area contributed by atoms with Crippen LogP contribution in [0.2, 0.25) is 0 Å². The molecule has 0 aromatic heterocycles. The van der Waals surface area contributed by atoms with Crippen molar-refractivity contribution < 1.29 is 14.6 Å². The van der Waals surface area contributed by atoms with E-state index < -0.39 is 6.10 Å². The Balaban J connectivity index is 2.24. The number of benzene rings is 1. The van der Waals surface area contributed by atoms with Crippen molar-refractivity contribution in [1.29, 1.82) is 0 Å². The summed E-state index contributed by atoms with van der Waals surface area (Å²) in [5.74, 6) is 0.335. The largest absolute Gasteiger partial charge is 0.466 e. The Morgan fingerprint density at radius 1 is 1.24 bits per heavy atom. The predicted octanol–water partition coefficient (Wildman–Crippen LogP) is 2.78. The highest BCUT2D eigenvalue weighted by molar-refractivity contribution is 5.69. The molecule has 0 saturated heterocycles. The average molecular weight is 293 g/mol. The molecular formula is C17H27NO3. The number of aliphatic hydroxyl groups is 1. The number of ether oxygens (including phenoxy) is 1. The van der Waals surface area contributed by atoms with Gasteiger partial charge in [0.05, 0.1) is 12.7 Å². The maximum Gasteiger partial charge on any atom is 0.305 e. The van der Waals surface area contributed by atoms with Crippen LogP contribution in [0.25, 0.3) is 0 Å². The zero-order valence-corrected chi connectivity index (χ0v) is 13.3. The SMILES string of the molecule is CCOC(=O)CCCNCC(O)c1ccc(C(C)C)cc1. The first-order valence-electron chi connectivity index (χ1n) is 7.68. The van der Waals surface area contributed by atoms with Crippen molar-refractivity contribution in [3.05, 3.63) is 35.4 Å². The molecular weight excluding hydrogens is 266 g/mol. The molecule has 2 N–H and O–H groups in total. The van der Waals surface area contributed by atoms with Gasteiger partial charge in [0.25, 0.3) is 0 Å². The second kappa shape index (κ2) is 9.53. The van der Waals surface area contributed by atoms with Crippen LogP contribution in [0.3, 0.4) is 0 Å². The van der Waals surface area contributed by atoms with Gasteiger partial charge in [-0.1, -0.05) is 38.1 Å². The van der Waals surface area contributed by atoms with Crippen molar-refractivity contribution in [2.75, 3.05) is 19.7 Å². The van der Waals surface area contributed by atoms with Gasteiger partial charge in [-0.2, -0.15) is 0 Å². The van der Waals surface area contributed by atoms with Crippen LogP contribution >= 0.6 is 0 Å². The van der Waals surface area contributed by atoms with E-state index in [4.69, 9.17) is 4.74 Å². The van der Waals surface area contributed by atoms with E-state index >= 15 is 0 Å². The fourth-order valence-electron chi connectivity index (χ4n) is 2.05. The summed E-state index contributed by atoms with van der Waals surface area (Å²) in [6, 6.07) is 8.06. The van der Waals surface area contributed by atoms with Crippen molar-refractivity contribution in [2.24, 2.45) is 0 Å². The van der Waals surface area contributed by atoms with Gasteiger partial charge in [-0.05, 0) is 36.9 Å². The number of aliphatic hydroxyl groups excluding tert-OH is 1. The van der Waals surface area contributed by atoms with E-state index in [1.165, 1.54) is 5.56 Å². The fourth-order valence-corrected chi connectivity index (χ4v) is 2.05. The van der Waals surface area contributed by atoms with Crippen LogP contribution in [0.1, 0.15) is 56.8 Å². The first-order chi connectivity index (χ1) is 10.0. The normalized spacial score (nSPS) is 12.4. The van der Waals surface area contributed by atoms with Gasteiger partial charge < -0.3 is 15.2 Å². The smallest absolute Gasteiger partial charge is 0.305 e. The topological polar surface area (TPSA) is 58.6 Å².